The molecule has 0 radical (unpaired) electrons. The van der Waals surface area contributed by atoms with Crippen molar-refractivity contribution in [2.75, 3.05) is 12.9 Å². The number of benzene rings is 2. The molecule has 1 aromatic heterocycles. The average Bonchev–Trinajstić information content (AvgIpc) is 3.43. The summed E-state index contributed by atoms with van der Waals surface area (Å²) in [7, 11) is 1.61. The molecule has 0 unspecified atom stereocenters. The first-order valence-corrected chi connectivity index (χ1v) is 10.6. The van der Waals surface area contributed by atoms with Crippen molar-refractivity contribution >= 4 is 23.6 Å². The Kier molecular flexibility index (Phi) is 6.09. The molecule has 3 aromatic rings. The van der Waals surface area contributed by atoms with Crippen LogP contribution in [-0.2, 0) is 17.9 Å². The van der Waals surface area contributed by atoms with Crippen LogP contribution in [0.4, 0.5) is 0 Å². The SMILES string of the molecule is COc1ccccc1CNC(=O)c1ccc([C@@H]2SCC(=O)N2Cc2ccco2)cc1. The number of ether oxygens (including phenoxy) is 1. The number of rotatable bonds is 7. The van der Waals surface area contributed by atoms with Crippen molar-refractivity contribution in [3.8, 4) is 5.75 Å². The molecule has 1 aliphatic heterocycles. The van der Waals surface area contributed by atoms with E-state index in [4.69, 9.17) is 9.15 Å². The Morgan fingerprint density at radius 2 is 1.97 bits per heavy atom. The number of nitrogens with zero attached hydrogens (tertiary/aromatic N) is 1. The quantitative estimate of drug-likeness (QED) is 0.623. The molecule has 0 saturated carbocycles. The number of nitrogens with one attached hydrogen (secondary N) is 1. The molecule has 6 nitrogen and oxygen atoms in total. The standard InChI is InChI=1S/C23H22N2O4S/c1-28-20-7-3-2-5-18(20)13-24-22(27)16-8-10-17(11-9-16)23-25(21(26)15-30-23)14-19-6-4-12-29-19/h2-12,23H,13-15H2,1H3,(H,24,27)/t23-/m0/s1. The summed E-state index contributed by atoms with van der Waals surface area (Å²) < 4.78 is 10.7. The van der Waals surface area contributed by atoms with Crippen LogP contribution < -0.4 is 10.1 Å². The summed E-state index contributed by atoms with van der Waals surface area (Å²) in [5.74, 6) is 1.86. The summed E-state index contributed by atoms with van der Waals surface area (Å²) in [5, 5.41) is 2.83. The van der Waals surface area contributed by atoms with E-state index in [9.17, 15) is 9.59 Å². The first-order valence-electron chi connectivity index (χ1n) is 9.59. The summed E-state index contributed by atoms with van der Waals surface area (Å²) >= 11 is 1.58. The van der Waals surface area contributed by atoms with Gasteiger partial charge >= 0.3 is 0 Å². The molecule has 154 valence electrons. The Bertz CT molecular complexity index is 1020. The minimum absolute atomic E-state index is 0.0834. The molecule has 1 aliphatic rings. The molecule has 7 heteroatoms. The van der Waals surface area contributed by atoms with Crippen LogP contribution in [0, 0.1) is 0 Å². The van der Waals surface area contributed by atoms with E-state index in [1.165, 1.54) is 0 Å². The molecule has 1 fully saturated rings. The van der Waals surface area contributed by atoms with Gasteiger partial charge in [-0.1, -0.05) is 30.3 Å². The molecule has 2 amide bonds. The fourth-order valence-corrected chi connectivity index (χ4v) is 4.59. The van der Waals surface area contributed by atoms with Gasteiger partial charge in [-0.05, 0) is 35.9 Å². The van der Waals surface area contributed by atoms with Gasteiger partial charge in [-0.15, -0.1) is 11.8 Å². The lowest BCUT2D eigenvalue weighted by molar-refractivity contribution is -0.128. The van der Waals surface area contributed by atoms with Crippen molar-refractivity contribution in [2.45, 2.75) is 18.5 Å². The van der Waals surface area contributed by atoms with Crippen LogP contribution in [0.15, 0.2) is 71.3 Å². The lowest BCUT2D eigenvalue weighted by atomic mass is 10.1. The smallest absolute Gasteiger partial charge is 0.251 e. The van der Waals surface area contributed by atoms with Crippen LogP contribution >= 0.6 is 11.8 Å². The lowest BCUT2D eigenvalue weighted by Crippen LogP contribution is -2.27. The number of carbonyl (C=O) groups is 2. The molecule has 0 aliphatic carbocycles. The van der Waals surface area contributed by atoms with Gasteiger partial charge in [0.1, 0.15) is 16.9 Å². The van der Waals surface area contributed by atoms with Crippen molar-refractivity contribution in [1.82, 2.24) is 10.2 Å². The second-order valence-electron chi connectivity index (χ2n) is 6.88. The molecule has 1 atom stereocenters. The number of para-hydroxylation sites is 1. The number of furan rings is 1. The Morgan fingerprint density at radius 3 is 2.70 bits per heavy atom. The Hall–Kier alpha value is -3.19. The first kappa shape index (κ1) is 20.1. The van der Waals surface area contributed by atoms with E-state index in [0.717, 1.165) is 22.6 Å². The number of amides is 2. The summed E-state index contributed by atoms with van der Waals surface area (Å²) in [6.45, 7) is 0.819. The summed E-state index contributed by atoms with van der Waals surface area (Å²) in [5.41, 5.74) is 2.47. The lowest BCUT2D eigenvalue weighted by Gasteiger charge is -2.23. The highest BCUT2D eigenvalue weighted by atomic mass is 32.2. The third-order valence-electron chi connectivity index (χ3n) is 4.96. The average molecular weight is 423 g/mol. The summed E-state index contributed by atoms with van der Waals surface area (Å²) in [6, 6.07) is 18.7. The van der Waals surface area contributed by atoms with Gasteiger partial charge < -0.3 is 19.4 Å². The van der Waals surface area contributed by atoms with Gasteiger partial charge in [0.05, 0.1) is 25.7 Å². The van der Waals surface area contributed by atoms with E-state index in [0.29, 0.717) is 24.4 Å². The maximum atomic E-state index is 12.5. The number of hydrogen-bond donors (Lipinski definition) is 1. The van der Waals surface area contributed by atoms with Crippen LogP contribution in [0.3, 0.4) is 0 Å². The second-order valence-corrected chi connectivity index (χ2v) is 7.95. The second kappa shape index (κ2) is 9.09. The van der Waals surface area contributed by atoms with Gasteiger partial charge in [0.25, 0.3) is 5.91 Å². The normalized spacial score (nSPS) is 16.0. The van der Waals surface area contributed by atoms with Crippen molar-refractivity contribution in [1.29, 1.82) is 0 Å². The Balaban J connectivity index is 1.41. The predicted octanol–water partition coefficient (Wildman–Crippen LogP) is 3.99. The molecule has 1 N–H and O–H groups in total. The van der Waals surface area contributed by atoms with E-state index in [-0.39, 0.29) is 17.2 Å². The monoisotopic (exact) mass is 422 g/mol. The van der Waals surface area contributed by atoms with Gasteiger partial charge in [-0.3, -0.25) is 9.59 Å². The molecular formula is C23H22N2O4S. The van der Waals surface area contributed by atoms with Crippen LogP contribution in [0.25, 0.3) is 0 Å². The van der Waals surface area contributed by atoms with E-state index in [2.05, 4.69) is 5.32 Å². The fourth-order valence-electron chi connectivity index (χ4n) is 3.40. The van der Waals surface area contributed by atoms with Gasteiger partial charge in [0, 0.05) is 17.7 Å². The third kappa shape index (κ3) is 4.36. The van der Waals surface area contributed by atoms with E-state index in [1.807, 2.05) is 48.5 Å². The zero-order valence-electron chi connectivity index (χ0n) is 16.5. The summed E-state index contributed by atoms with van der Waals surface area (Å²) in [6.07, 6.45) is 1.61. The summed E-state index contributed by atoms with van der Waals surface area (Å²) in [4.78, 5) is 26.7. The molecule has 1 saturated heterocycles. The molecular weight excluding hydrogens is 400 g/mol. The molecule has 0 bridgehead atoms. The minimum atomic E-state index is -0.157. The van der Waals surface area contributed by atoms with Crippen molar-refractivity contribution in [3.05, 3.63) is 89.4 Å². The Labute approximate surface area is 179 Å². The van der Waals surface area contributed by atoms with Gasteiger partial charge in [0.15, 0.2) is 0 Å². The zero-order valence-corrected chi connectivity index (χ0v) is 17.4. The number of thioether (sulfide) groups is 1. The molecule has 2 aromatic carbocycles. The largest absolute Gasteiger partial charge is 0.496 e. The number of hydrogen-bond acceptors (Lipinski definition) is 5. The van der Waals surface area contributed by atoms with Crippen LogP contribution in [0.5, 0.6) is 5.75 Å². The molecule has 2 heterocycles. The number of carbonyl (C=O) groups excluding carboxylic acids is 2. The maximum absolute atomic E-state index is 12.5. The van der Waals surface area contributed by atoms with E-state index >= 15 is 0 Å². The van der Waals surface area contributed by atoms with Crippen LogP contribution in [0.1, 0.15) is 32.6 Å². The third-order valence-corrected chi connectivity index (χ3v) is 6.22. The maximum Gasteiger partial charge on any atom is 0.251 e. The molecule has 4 rings (SSSR count). The van der Waals surface area contributed by atoms with E-state index < -0.39 is 0 Å². The highest BCUT2D eigenvalue weighted by molar-refractivity contribution is 8.00. The minimum Gasteiger partial charge on any atom is -0.496 e. The molecule has 30 heavy (non-hydrogen) atoms. The predicted molar refractivity (Wildman–Crippen MR) is 115 cm³/mol. The first-order chi connectivity index (χ1) is 14.7. The van der Waals surface area contributed by atoms with Crippen LogP contribution in [0.2, 0.25) is 0 Å². The van der Waals surface area contributed by atoms with Gasteiger partial charge in [-0.25, -0.2) is 0 Å². The van der Waals surface area contributed by atoms with Crippen molar-refractivity contribution in [2.24, 2.45) is 0 Å². The highest BCUT2D eigenvalue weighted by Crippen LogP contribution is 2.39. The van der Waals surface area contributed by atoms with Crippen molar-refractivity contribution in [3.63, 3.8) is 0 Å². The van der Waals surface area contributed by atoms with E-state index in [1.54, 1.807) is 42.2 Å². The van der Waals surface area contributed by atoms with Gasteiger partial charge in [0.2, 0.25) is 5.91 Å². The van der Waals surface area contributed by atoms with Crippen molar-refractivity contribution < 1.29 is 18.7 Å². The fraction of sp³-hybridized carbons (Fsp3) is 0.217. The van der Waals surface area contributed by atoms with Crippen LogP contribution in [-0.4, -0.2) is 29.6 Å². The zero-order chi connectivity index (χ0) is 20.9. The number of methoxy groups -OCH3 is 1. The van der Waals surface area contributed by atoms with Gasteiger partial charge in [-0.2, -0.15) is 0 Å². The topological polar surface area (TPSA) is 71.8 Å². The highest BCUT2D eigenvalue weighted by Gasteiger charge is 2.33. The Morgan fingerprint density at radius 1 is 1.17 bits per heavy atom. The molecule has 0 spiro atoms.